The highest BCUT2D eigenvalue weighted by Gasteiger charge is 2.24. The maximum Gasteiger partial charge on any atom is 0.258 e. The van der Waals surface area contributed by atoms with Crippen LogP contribution in [0.2, 0.25) is 0 Å². The molecule has 3 heterocycles. The van der Waals surface area contributed by atoms with Gasteiger partial charge in [-0.15, -0.1) is 0 Å². The second-order valence-corrected chi connectivity index (χ2v) is 4.42. The monoisotopic (exact) mass is 262 g/mol. The van der Waals surface area contributed by atoms with Gasteiger partial charge in [0.1, 0.15) is 12.7 Å². The summed E-state index contributed by atoms with van der Waals surface area (Å²) in [6.07, 6.45) is 3.82. The Morgan fingerprint density at radius 3 is 2.84 bits per heavy atom. The van der Waals surface area contributed by atoms with Crippen molar-refractivity contribution < 1.29 is 5.11 Å². The number of rotatable bonds is 3. The Morgan fingerprint density at radius 1 is 1.32 bits per heavy atom. The summed E-state index contributed by atoms with van der Waals surface area (Å²) in [7, 11) is 0. The van der Waals surface area contributed by atoms with Crippen LogP contribution >= 0.6 is 0 Å². The highest BCUT2D eigenvalue weighted by atomic mass is 16.3. The van der Waals surface area contributed by atoms with Crippen LogP contribution in [0.1, 0.15) is 6.42 Å². The first-order valence-electron chi connectivity index (χ1n) is 5.98. The van der Waals surface area contributed by atoms with Gasteiger partial charge in [0.15, 0.2) is 0 Å². The summed E-state index contributed by atoms with van der Waals surface area (Å²) in [5.41, 5.74) is 5.70. The van der Waals surface area contributed by atoms with Crippen LogP contribution in [0.25, 0.3) is 5.95 Å². The van der Waals surface area contributed by atoms with E-state index in [1.54, 1.807) is 0 Å². The minimum absolute atomic E-state index is 0.142. The molecule has 0 saturated carbocycles. The van der Waals surface area contributed by atoms with Crippen molar-refractivity contribution in [3.8, 4) is 5.95 Å². The maximum atomic E-state index is 9.16. The average molecular weight is 262 g/mol. The van der Waals surface area contributed by atoms with Crippen molar-refractivity contribution in [1.29, 1.82) is 0 Å². The number of hydrogen-bond acceptors (Lipinski definition) is 8. The van der Waals surface area contributed by atoms with E-state index in [9.17, 15) is 0 Å². The van der Waals surface area contributed by atoms with Gasteiger partial charge in [-0.2, -0.15) is 24.7 Å². The number of hydrogen-bond donors (Lipinski definition) is 2. The first kappa shape index (κ1) is 11.8. The summed E-state index contributed by atoms with van der Waals surface area (Å²) >= 11 is 0. The van der Waals surface area contributed by atoms with E-state index >= 15 is 0 Å². The summed E-state index contributed by atoms with van der Waals surface area (Å²) in [6, 6.07) is 0. The van der Waals surface area contributed by atoms with Gasteiger partial charge in [0, 0.05) is 25.6 Å². The molecule has 0 aromatic carbocycles. The summed E-state index contributed by atoms with van der Waals surface area (Å²) in [5.74, 6) is 1.25. The summed E-state index contributed by atoms with van der Waals surface area (Å²) in [6.45, 7) is 1.69. The van der Waals surface area contributed by atoms with Gasteiger partial charge >= 0.3 is 0 Å². The number of nitrogens with zero attached hydrogens (tertiary/aromatic N) is 7. The van der Waals surface area contributed by atoms with Crippen LogP contribution < -0.4 is 10.6 Å². The molecule has 9 nitrogen and oxygen atoms in total. The molecule has 2 aromatic rings. The fraction of sp³-hybridized carbons (Fsp3) is 0.500. The number of aliphatic hydroxyl groups is 1. The number of nitrogens with two attached hydrogens (primary N) is 1. The molecule has 0 spiro atoms. The van der Waals surface area contributed by atoms with E-state index in [2.05, 4.69) is 25.0 Å². The van der Waals surface area contributed by atoms with Gasteiger partial charge in [-0.05, 0) is 6.42 Å². The van der Waals surface area contributed by atoms with Crippen molar-refractivity contribution in [2.75, 3.05) is 30.3 Å². The molecule has 0 bridgehead atoms. The largest absolute Gasteiger partial charge is 0.396 e. The minimum Gasteiger partial charge on any atom is -0.396 e. The van der Waals surface area contributed by atoms with Gasteiger partial charge < -0.3 is 15.7 Å². The van der Waals surface area contributed by atoms with Crippen LogP contribution in [0.3, 0.4) is 0 Å². The third-order valence-corrected chi connectivity index (χ3v) is 3.08. The fourth-order valence-electron chi connectivity index (χ4n) is 2.09. The molecule has 0 aliphatic carbocycles. The first-order valence-corrected chi connectivity index (χ1v) is 5.98. The Balaban J connectivity index is 1.90. The lowest BCUT2D eigenvalue weighted by molar-refractivity contribution is 0.238. The van der Waals surface area contributed by atoms with E-state index in [0.29, 0.717) is 11.9 Å². The van der Waals surface area contributed by atoms with Gasteiger partial charge in [0.25, 0.3) is 5.95 Å². The second-order valence-electron chi connectivity index (χ2n) is 4.42. The number of nitrogen functional groups attached to an aromatic ring is 1. The molecule has 1 saturated heterocycles. The third-order valence-electron chi connectivity index (χ3n) is 3.08. The molecule has 1 fully saturated rings. The van der Waals surface area contributed by atoms with E-state index in [1.807, 2.05) is 4.90 Å². The molecule has 2 aromatic heterocycles. The Bertz CT molecular complexity index is 557. The van der Waals surface area contributed by atoms with Crippen molar-refractivity contribution in [1.82, 2.24) is 29.7 Å². The zero-order valence-corrected chi connectivity index (χ0v) is 10.2. The number of anilines is 2. The molecule has 3 rings (SSSR count). The Morgan fingerprint density at radius 2 is 2.16 bits per heavy atom. The number of aromatic nitrogens is 6. The first-order chi connectivity index (χ1) is 9.26. The standard InChI is InChI=1S/C10H14N8O/c11-8-14-9(17-2-1-7(3-17)4-19)16-10(15-8)18-6-12-5-13-18/h5-7,19H,1-4H2,(H2,11,14,15,16). The third kappa shape index (κ3) is 2.32. The van der Waals surface area contributed by atoms with Crippen LogP contribution in [0.4, 0.5) is 11.9 Å². The lowest BCUT2D eigenvalue weighted by Crippen LogP contribution is -2.24. The summed E-state index contributed by atoms with van der Waals surface area (Å²) < 4.78 is 1.43. The van der Waals surface area contributed by atoms with E-state index < -0.39 is 0 Å². The van der Waals surface area contributed by atoms with Crippen LogP contribution in [0.15, 0.2) is 12.7 Å². The molecule has 1 aliphatic rings. The van der Waals surface area contributed by atoms with Crippen LogP contribution in [0, 0.1) is 5.92 Å². The Labute approximate surface area is 109 Å². The molecule has 1 unspecified atom stereocenters. The zero-order chi connectivity index (χ0) is 13.2. The van der Waals surface area contributed by atoms with E-state index in [1.165, 1.54) is 17.3 Å². The highest BCUT2D eigenvalue weighted by molar-refractivity contribution is 5.38. The predicted octanol–water partition coefficient (Wildman–Crippen LogP) is -1.15. The topological polar surface area (TPSA) is 119 Å². The molecule has 9 heteroatoms. The molecular formula is C10H14N8O. The summed E-state index contributed by atoms with van der Waals surface area (Å²) in [5, 5.41) is 13.1. The lowest BCUT2D eigenvalue weighted by atomic mass is 10.1. The molecule has 19 heavy (non-hydrogen) atoms. The SMILES string of the molecule is Nc1nc(N2CCC(CO)C2)nc(-n2cncn2)n1. The zero-order valence-electron chi connectivity index (χ0n) is 10.2. The second kappa shape index (κ2) is 4.76. The van der Waals surface area contributed by atoms with Crippen molar-refractivity contribution in [3.05, 3.63) is 12.7 Å². The van der Waals surface area contributed by atoms with Crippen molar-refractivity contribution in [2.24, 2.45) is 5.92 Å². The molecular weight excluding hydrogens is 248 g/mol. The van der Waals surface area contributed by atoms with Crippen molar-refractivity contribution >= 4 is 11.9 Å². The maximum absolute atomic E-state index is 9.16. The highest BCUT2D eigenvalue weighted by Crippen LogP contribution is 2.21. The average Bonchev–Trinajstić information content (AvgIpc) is 3.09. The number of aliphatic hydroxyl groups excluding tert-OH is 1. The minimum atomic E-state index is 0.142. The van der Waals surface area contributed by atoms with Gasteiger partial charge in [0.05, 0.1) is 0 Å². The molecule has 100 valence electrons. The predicted molar refractivity (Wildman–Crippen MR) is 66.6 cm³/mol. The van der Waals surface area contributed by atoms with Crippen LogP contribution in [0.5, 0.6) is 0 Å². The molecule has 1 aliphatic heterocycles. The Kier molecular flexibility index (Phi) is 2.95. The van der Waals surface area contributed by atoms with Gasteiger partial charge in [-0.3, -0.25) is 0 Å². The van der Waals surface area contributed by atoms with E-state index in [4.69, 9.17) is 10.8 Å². The molecule has 1 atom stereocenters. The molecule has 0 radical (unpaired) electrons. The van der Waals surface area contributed by atoms with Gasteiger partial charge in [0.2, 0.25) is 11.9 Å². The van der Waals surface area contributed by atoms with Gasteiger partial charge in [-0.1, -0.05) is 0 Å². The normalized spacial score (nSPS) is 19.0. The quantitative estimate of drug-likeness (QED) is 0.712. The van der Waals surface area contributed by atoms with Crippen molar-refractivity contribution in [3.63, 3.8) is 0 Å². The van der Waals surface area contributed by atoms with Crippen LogP contribution in [-0.2, 0) is 0 Å². The molecule has 0 amide bonds. The van der Waals surface area contributed by atoms with Crippen LogP contribution in [-0.4, -0.2) is 54.5 Å². The van der Waals surface area contributed by atoms with Gasteiger partial charge in [-0.25, -0.2) is 4.98 Å². The van der Waals surface area contributed by atoms with E-state index in [0.717, 1.165) is 19.5 Å². The summed E-state index contributed by atoms with van der Waals surface area (Å²) in [4.78, 5) is 18.3. The Hall–Kier alpha value is -2.29. The fourth-order valence-corrected chi connectivity index (χ4v) is 2.09. The lowest BCUT2D eigenvalue weighted by Gasteiger charge is -2.16. The van der Waals surface area contributed by atoms with E-state index in [-0.39, 0.29) is 18.5 Å². The van der Waals surface area contributed by atoms with Crippen molar-refractivity contribution in [2.45, 2.75) is 6.42 Å². The molecule has 3 N–H and O–H groups in total. The smallest absolute Gasteiger partial charge is 0.258 e.